The number of esters is 1. The van der Waals surface area contributed by atoms with Gasteiger partial charge in [-0.3, -0.25) is 4.79 Å². The molecule has 1 rings (SSSR count). The van der Waals surface area contributed by atoms with Gasteiger partial charge in [-0.1, -0.05) is 74.4 Å². The van der Waals surface area contributed by atoms with Crippen LogP contribution in [0.3, 0.4) is 0 Å². The van der Waals surface area contributed by atoms with E-state index >= 15 is 0 Å². The number of phenolic OH excluding ortho intramolecular Hbond substituents is 1. The van der Waals surface area contributed by atoms with Crippen molar-refractivity contribution in [2.24, 2.45) is 5.41 Å². The largest absolute Gasteiger partial charge is 0.507 e. The Morgan fingerprint density at radius 1 is 0.917 bits per heavy atom. The van der Waals surface area contributed by atoms with Crippen molar-refractivity contribution < 1.29 is 14.6 Å². The highest BCUT2D eigenvalue weighted by molar-refractivity contribution is 5.73. The van der Waals surface area contributed by atoms with Gasteiger partial charge in [0.1, 0.15) is 5.75 Å². The Hall–Kier alpha value is -1.51. The molecule has 0 aromatic heterocycles. The first-order chi connectivity index (χ1) is 10.6. The lowest BCUT2D eigenvalue weighted by Gasteiger charge is -2.28. The van der Waals surface area contributed by atoms with Gasteiger partial charge in [0.25, 0.3) is 0 Å². The van der Waals surface area contributed by atoms with E-state index in [2.05, 4.69) is 41.5 Å². The van der Waals surface area contributed by atoms with Gasteiger partial charge in [0, 0.05) is 0 Å². The van der Waals surface area contributed by atoms with Crippen molar-refractivity contribution in [3.63, 3.8) is 0 Å². The maximum Gasteiger partial charge on any atom is 0.310 e. The van der Waals surface area contributed by atoms with Crippen LogP contribution in [0.15, 0.2) is 12.1 Å². The van der Waals surface area contributed by atoms with E-state index in [-0.39, 0.29) is 28.6 Å². The van der Waals surface area contributed by atoms with Crippen LogP contribution in [0.5, 0.6) is 5.75 Å². The molecule has 0 unspecified atom stereocenters. The highest BCUT2D eigenvalue weighted by Gasteiger charge is 2.27. The summed E-state index contributed by atoms with van der Waals surface area (Å²) in [6, 6.07) is 3.87. The number of carbonyl (C=O) groups is 1. The molecule has 0 bridgehead atoms. The fourth-order valence-electron chi connectivity index (χ4n) is 2.45. The molecule has 0 saturated carbocycles. The zero-order valence-electron chi connectivity index (χ0n) is 16.8. The molecule has 1 N–H and O–H groups in total. The molecule has 0 atom stereocenters. The summed E-state index contributed by atoms with van der Waals surface area (Å²) in [6.07, 6.45) is 0.225. The van der Waals surface area contributed by atoms with Crippen molar-refractivity contribution in [3.05, 3.63) is 28.8 Å². The molecule has 0 spiro atoms. The highest BCUT2D eigenvalue weighted by atomic mass is 16.5. The van der Waals surface area contributed by atoms with Gasteiger partial charge in [-0.25, -0.2) is 0 Å². The predicted molar refractivity (Wildman–Crippen MR) is 99.6 cm³/mol. The van der Waals surface area contributed by atoms with Crippen molar-refractivity contribution in [3.8, 4) is 5.75 Å². The molecule has 0 radical (unpaired) electrons. The average molecular weight is 335 g/mol. The van der Waals surface area contributed by atoms with E-state index in [9.17, 15) is 9.90 Å². The van der Waals surface area contributed by atoms with E-state index in [1.54, 1.807) is 0 Å². The quantitative estimate of drug-likeness (QED) is 0.780. The van der Waals surface area contributed by atoms with Crippen LogP contribution in [0.4, 0.5) is 0 Å². The van der Waals surface area contributed by atoms with Crippen LogP contribution >= 0.6 is 0 Å². The Morgan fingerprint density at radius 3 is 1.67 bits per heavy atom. The maximum atomic E-state index is 12.2. The normalized spacial score (nSPS) is 13.0. The molecule has 1 aromatic rings. The summed E-state index contributed by atoms with van der Waals surface area (Å²) in [6.45, 7) is 18.9. The summed E-state index contributed by atoms with van der Waals surface area (Å²) in [4.78, 5) is 12.2. The third kappa shape index (κ3) is 5.85. The molecule has 0 aliphatic carbocycles. The van der Waals surface area contributed by atoms with Crippen molar-refractivity contribution in [2.75, 3.05) is 6.61 Å². The van der Waals surface area contributed by atoms with Crippen molar-refractivity contribution >= 4 is 5.97 Å². The Kier molecular flexibility index (Phi) is 5.80. The molecule has 0 amide bonds. The van der Waals surface area contributed by atoms with Crippen LogP contribution in [-0.4, -0.2) is 17.7 Å². The number of rotatable bonds is 3. The fraction of sp³-hybridized carbons (Fsp3) is 0.667. The molecule has 136 valence electrons. The topological polar surface area (TPSA) is 46.5 Å². The second kappa shape index (κ2) is 6.78. The first-order valence-corrected chi connectivity index (χ1v) is 8.64. The summed E-state index contributed by atoms with van der Waals surface area (Å²) >= 11 is 0. The van der Waals surface area contributed by atoms with Gasteiger partial charge >= 0.3 is 5.97 Å². The van der Waals surface area contributed by atoms with E-state index in [1.165, 1.54) is 0 Å². The number of hydrogen-bond donors (Lipinski definition) is 1. The van der Waals surface area contributed by atoms with Crippen molar-refractivity contribution in [2.45, 2.75) is 79.6 Å². The van der Waals surface area contributed by atoms with Gasteiger partial charge < -0.3 is 9.84 Å². The number of carbonyl (C=O) groups excluding carboxylic acids is 1. The fourth-order valence-corrected chi connectivity index (χ4v) is 2.45. The summed E-state index contributed by atoms with van der Waals surface area (Å²) < 4.78 is 5.39. The smallest absolute Gasteiger partial charge is 0.310 e. The minimum atomic E-state index is -0.227. The van der Waals surface area contributed by atoms with Gasteiger partial charge in [-0.2, -0.15) is 0 Å². The predicted octanol–water partition coefficient (Wildman–Crippen LogP) is 5.12. The molecule has 3 nitrogen and oxygen atoms in total. The average Bonchev–Trinajstić information content (AvgIpc) is 2.34. The summed E-state index contributed by atoms with van der Waals surface area (Å²) in [5, 5.41) is 10.7. The van der Waals surface area contributed by atoms with Gasteiger partial charge in [-0.15, -0.1) is 0 Å². The highest BCUT2D eigenvalue weighted by Crippen LogP contribution is 2.39. The molecule has 0 aliphatic rings. The number of benzene rings is 1. The van der Waals surface area contributed by atoms with Gasteiger partial charge in [-0.05, 0) is 32.9 Å². The molecule has 1 aromatic carbocycles. The zero-order chi connectivity index (χ0) is 18.9. The molecule has 24 heavy (non-hydrogen) atoms. The van der Waals surface area contributed by atoms with Crippen LogP contribution in [0, 0.1) is 5.41 Å². The van der Waals surface area contributed by atoms with E-state index < -0.39 is 0 Å². The van der Waals surface area contributed by atoms with E-state index in [0.717, 1.165) is 16.7 Å². The van der Waals surface area contributed by atoms with Gasteiger partial charge in [0.2, 0.25) is 0 Å². The second-order valence-corrected chi connectivity index (χ2v) is 9.94. The van der Waals surface area contributed by atoms with E-state index in [1.807, 2.05) is 32.9 Å². The number of ether oxygens (including phenoxy) is 1. The van der Waals surface area contributed by atoms with Gasteiger partial charge in [0.15, 0.2) is 0 Å². The summed E-state index contributed by atoms with van der Waals surface area (Å²) in [5.41, 5.74) is 2.19. The Bertz CT molecular complexity index is 558. The lowest BCUT2D eigenvalue weighted by molar-refractivity contribution is -0.145. The molecular formula is C21H34O3. The maximum absolute atomic E-state index is 12.2. The Labute approximate surface area is 147 Å². The zero-order valence-corrected chi connectivity index (χ0v) is 16.8. The number of hydrogen-bond acceptors (Lipinski definition) is 3. The molecule has 0 aliphatic heterocycles. The van der Waals surface area contributed by atoms with Crippen LogP contribution < -0.4 is 0 Å². The third-order valence-electron chi connectivity index (χ3n) is 3.80. The molecule has 0 fully saturated rings. The monoisotopic (exact) mass is 334 g/mol. The molecular weight excluding hydrogens is 300 g/mol. The van der Waals surface area contributed by atoms with Crippen LogP contribution in [-0.2, 0) is 26.8 Å². The van der Waals surface area contributed by atoms with E-state index in [4.69, 9.17) is 4.74 Å². The number of aromatic hydroxyl groups is 1. The molecule has 0 heterocycles. The van der Waals surface area contributed by atoms with E-state index in [0.29, 0.717) is 12.4 Å². The number of phenols is 1. The van der Waals surface area contributed by atoms with Crippen LogP contribution in [0.25, 0.3) is 0 Å². The Balaban J connectivity index is 3.18. The van der Waals surface area contributed by atoms with Gasteiger partial charge in [0.05, 0.1) is 13.0 Å². The first kappa shape index (κ1) is 20.5. The van der Waals surface area contributed by atoms with Crippen molar-refractivity contribution in [1.29, 1.82) is 0 Å². The lowest BCUT2D eigenvalue weighted by atomic mass is 9.78. The van der Waals surface area contributed by atoms with Crippen LogP contribution in [0.1, 0.15) is 79.0 Å². The minimum Gasteiger partial charge on any atom is -0.507 e. The Morgan fingerprint density at radius 2 is 1.33 bits per heavy atom. The molecule has 0 saturated heterocycles. The third-order valence-corrected chi connectivity index (χ3v) is 3.80. The standard InChI is InChI=1S/C21H34O3/c1-19(2,3)13-24-17(22)12-14-10-15(20(4,5)6)18(23)16(11-14)21(7,8)9/h10-11,23H,12-13H2,1-9H3. The first-order valence-electron chi connectivity index (χ1n) is 8.64. The minimum absolute atomic E-state index is 0.0439. The SMILES string of the molecule is CC(C)(C)COC(=O)Cc1cc(C(C)(C)C)c(O)c(C(C)(C)C)c1. The summed E-state index contributed by atoms with van der Waals surface area (Å²) in [7, 11) is 0. The lowest BCUT2D eigenvalue weighted by Crippen LogP contribution is -2.21. The van der Waals surface area contributed by atoms with Crippen molar-refractivity contribution in [1.82, 2.24) is 0 Å². The van der Waals surface area contributed by atoms with Crippen LogP contribution in [0.2, 0.25) is 0 Å². The molecule has 3 heteroatoms. The summed E-state index contributed by atoms with van der Waals surface area (Å²) in [5.74, 6) is 0.108. The second-order valence-electron chi connectivity index (χ2n) is 9.94.